The fourth-order valence-corrected chi connectivity index (χ4v) is 4.63. The fourth-order valence-electron chi connectivity index (χ4n) is 4.63. The molecule has 10 heteroatoms. The van der Waals surface area contributed by atoms with Crippen molar-refractivity contribution < 1.29 is 14.3 Å². The predicted octanol–water partition coefficient (Wildman–Crippen LogP) is 4.22. The molecule has 5 rings (SSSR count). The molecule has 1 N–H and O–H groups in total. The van der Waals surface area contributed by atoms with Crippen LogP contribution in [0.15, 0.2) is 54.6 Å². The lowest BCUT2D eigenvalue weighted by molar-refractivity contribution is 0.0735. The molecule has 3 heterocycles. The molecule has 0 unspecified atom stereocenters. The number of nitrogens with one attached hydrogen (secondary N) is 1. The van der Waals surface area contributed by atoms with Crippen LogP contribution < -0.4 is 19.7 Å². The summed E-state index contributed by atoms with van der Waals surface area (Å²) >= 11 is 0. The van der Waals surface area contributed by atoms with Gasteiger partial charge in [0.25, 0.3) is 5.91 Å². The maximum atomic E-state index is 13.5. The molecule has 2 aromatic carbocycles. The predicted molar refractivity (Wildman–Crippen MR) is 151 cm³/mol. The molecule has 202 valence electrons. The monoisotopic (exact) mass is 527 g/mol. The smallest absolute Gasteiger partial charge is 0.272 e. The molecule has 2 aromatic heterocycles. The highest BCUT2D eigenvalue weighted by molar-refractivity contribution is 5.94. The number of aromatic nitrogens is 4. The van der Waals surface area contributed by atoms with Gasteiger partial charge in [-0.15, -0.1) is 0 Å². The molecule has 1 aliphatic heterocycles. The van der Waals surface area contributed by atoms with Crippen LogP contribution in [0.25, 0.3) is 11.3 Å². The molecule has 1 amide bonds. The van der Waals surface area contributed by atoms with Gasteiger partial charge in [0.05, 0.1) is 19.9 Å². The minimum atomic E-state index is -0.0651. The van der Waals surface area contributed by atoms with Gasteiger partial charge in [0, 0.05) is 56.2 Å². The van der Waals surface area contributed by atoms with Gasteiger partial charge >= 0.3 is 0 Å². The first-order valence-electron chi connectivity index (χ1n) is 12.8. The Hall–Kier alpha value is -4.60. The van der Waals surface area contributed by atoms with E-state index < -0.39 is 0 Å². The van der Waals surface area contributed by atoms with Crippen LogP contribution in [0.3, 0.4) is 0 Å². The van der Waals surface area contributed by atoms with Gasteiger partial charge in [-0.2, -0.15) is 10.1 Å². The van der Waals surface area contributed by atoms with Crippen molar-refractivity contribution in [1.82, 2.24) is 24.6 Å². The van der Waals surface area contributed by atoms with Crippen LogP contribution in [0, 0.1) is 13.8 Å². The number of piperazine rings is 1. The number of anilines is 3. The zero-order valence-electron chi connectivity index (χ0n) is 22.9. The van der Waals surface area contributed by atoms with Crippen molar-refractivity contribution >= 4 is 23.4 Å². The summed E-state index contributed by atoms with van der Waals surface area (Å²) < 4.78 is 12.5. The Bertz CT molecular complexity index is 1470. The van der Waals surface area contributed by atoms with Crippen LogP contribution in [0.1, 0.15) is 21.7 Å². The Balaban J connectivity index is 1.28. The first-order chi connectivity index (χ1) is 18.8. The van der Waals surface area contributed by atoms with Crippen LogP contribution in [-0.2, 0) is 7.05 Å². The minimum Gasteiger partial charge on any atom is -0.497 e. The number of benzene rings is 2. The summed E-state index contributed by atoms with van der Waals surface area (Å²) in [6, 6.07) is 17.4. The number of amides is 1. The van der Waals surface area contributed by atoms with Gasteiger partial charge in [-0.1, -0.05) is 17.7 Å². The third kappa shape index (κ3) is 5.64. The van der Waals surface area contributed by atoms with Crippen LogP contribution >= 0.6 is 0 Å². The van der Waals surface area contributed by atoms with Gasteiger partial charge in [0.2, 0.25) is 5.95 Å². The molecule has 1 fully saturated rings. The summed E-state index contributed by atoms with van der Waals surface area (Å²) in [7, 11) is 5.00. The van der Waals surface area contributed by atoms with Gasteiger partial charge in [-0.05, 0) is 50.2 Å². The quantitative estimate of drug-likeness (QED) is 0.382. The molecule has 39 heavy (non-hydrogen) atoms. The molecule has 0 radical (unpaired) electrons. The van der Waals surface area contributed by atoms with E-state index in [1.807, 2.05) is 48.2 Å². The van der Waals surface area contributed by atoms with Crippen molar-refractivity contribution in [2.45, 2.75) is 13.8 Å². The first kappa shape index (κ1) is 26.0. The number of ether oxygens (including phenoxy) is 2. The van der Waals surface area contributed by atoms with Crippen LogP contribution in [-0.4, -0.2) is 71.0 Å². The zero-order chi connectivity index (χ0) is 27.5. The second-order valence-electron chi connectivity index (χ2n) is 9.57. The third-order valence-electron chi connectivity index (χ3n) is 6.80. The molecule has 0 atom stereocenters. The number of rotatable bonds is 7. The van der Waals surface area contributed by atoms with Gasteiger partial charge < -0.3 is 24.6 Å². The van der Waals surface area contributed by atoms with E-state index in [0.29, 0.717) is 55.0 Å². The van der Waals surface area contributed by atoms with Gasteiger partial charge in [0.1, 0.15) is 23.0 Å². The fraction of sp³-hybridized carbons (Fsp3) is 0.310. The molecular weight excluding hydrogens is 494 g/mol. The van der Waals surface area contributed by atoms with E-state index >= 15 is 0 Å². The average Bonchev–Trinajstić information content (AvgIpc) is 3.34. The Morgan fingerprint density at radius 2 is 1.64 bits per heavy atom. The van der Waals surface area contributed by atoms with E-state index in [9.17, 15) is 4.79 Å². The third-order valence-corrected chi connectivity index (χ3v) is 6.80. The molecule has 0 saturated carbocycles. The molecule has 1 saturated heterocycles. The number of carbonyl (C=O) groups is 1. The molecule has 1 aliphatic rings. The summed E-state index contributed by atoms with van der Waals surface area (Å²) in [5, 5.41) is 7.97. The van der Waals surface area contributed by atoms with Crippen LogP contribution in [0.4, 0.5) is 17.5 Å². The van der Waals surface area contributed by atoms with Crippen molar-refractivity contribution in [1.29, 1.82) is 0 Å². The zero-order valence-corrected chi connectivity index (χ0v) is 22.9. The standard InChI is InChI=1S/C29H33N7O3/c1-19-6-8-21(9-7-19)31-27-16-20(2)30-29(32-27)36-14-12-35(13-15-36)28(37)25-18-24(33-34(25)3)23-17-22(38-4)10-11-26(23)39-5/h6-11,16-18H,12-15H2,1-5H3,(H,30,31,32). The number of methoxy groups -OCH3 is 2. The number of nitrogens with zero attached hydrogens (tertiary/aromatic N) is 6. The number of hydrogen-bond acceptors (Lipinski definition) is 8. The van der Waals surface area contributed by atoms with Gasteiger partial charge in [-0.3, -0.25) is 9.48 Å². The molecular formula is C29H33N7O3. The highest BCUT2D eigenvalue weighted by atomic mass is 16.5. The molecule has 0 spiro atoms. The van der Waals surface area contributed by atoms with Crippen LogP contribution in [0.2, 0.25) is 0 Å². The van der Waals surface area contributed by atoms with Crippen LogP contribution in [0.5, 0.6) is 11.5 Å². The Labute approximate surface area is 228 Å². The molecule has 0 aliphatic carbocycles. The largest absolute Gasteiger partial charge is 0.497 e. The lowest BCUT2D eigenvalue weighted by Crippen LogP contribution is -2.49. The Morgan fingerprint density at radius 3 is 2.33 bits per heavy atom. The van der Waals surface area contributed by atoms with Gasteiger partial charge in [0.15, 0.2) is 0 Å². The SMILES string of the molecule is COc1ccc(OC)c(-c2cc(C(=O)N3CCN(c4nc(C)cc(Nc5ccc(C)cc5)n4)CC3)n(C)n2)c1. The summed E-state index contributed by atoms with van der Waals surface area (Å²) in [4.78, 5) is 26.8. The molecule has 0 bridgehead atoms. The second-order valence-corrected chi connectivity index (χ2v) is 9.57. The highest BCUT2D eigenvalue weighted by Crippen LogP contribution is 2.33. The van der Waals surface area contributed by atoms with E-state index in [0.717, 1.165) is 22.8 Å². The van der Waals surface area contributed by atoms with Gasteiger partial charge in [-0.25, -0.2) is 4.98 Å². The summed E-state index contributed by atoms with van der Waals surface area (Å²) in [6.45, 7) is 6.40. The molecule has 10 nitrogen and oxygen atoms in total. The maximum Gasteiger partial charge on any atom is 0.272 e. The number of carbonyl (C=O) groups excluding carboxylic acids is 1. The van der Waals surface area contributed by atoms with Crippen molar-refractivity contribution in [3.63, 3.8) is 0 Å². The minimum absolute atomic E-state index is 0.0651. The van der Waals surface area contributed by atoms with Crippen molar-refractivity contribution in [2.75, 3.05) is 50.6 Å². The van der Waals surface area contributed by atoms with E-state index in [4.69, 9.17) is 14.5 Å². The highest BCUT2D eigenvalue weighted by Gasteiger charge is 2.27. The van der Waals surface area contributed by atoms with E-state index in [1.54, 1.807) is 32.0 Å². The summed E-state index contributed by atoms with van der Waals surface area (Å²) in [5.41, 5.74) is 4.99. The van der Waals surface area contributed by atoms with Crippen molar-refractivity contribution in [3.05, 3.63) is 71.5 Å². The van der Waals surface area contributed by atoms with Crippen molar-refractivity contribution in [2.24, 2.45) is 7.05 Å². The normalized spacial score (nSPS) is 13.4. The maximum absolute atomic E-state index is 13.5. The number of aryl methyl sites for hydroxylation is 3. The second kappa shape index (κ2) is 11.0. The van der Waals surface area contributed by atoms with E-state index in [2.05, 4.69) is 39.4 Å². The lowest BCUT2D eigenvalue weighted by atomic mass is 10.1. The van der Waals surface area contributed by atoms with E-state index in [-0.39, 0.29) is 5.91 Å². The summed E-state index contributed by atoms with van der Waals surface area (Å²) in [5.74, 6) is 2.69. The molecule has 4 aromatic rings. The Kier molecular flexibility index (Phi) is 7.36. The first-order valence-corrected chi connectivity index (χ1v) is 12.8. The number of hydrogen-bond donors (Lipinski definition) is 1. The van der Waals surface area contributed by atoms with E-state index in [1.165, 1.54) is 5.56 Å². The topological polar surface area (TPSA) is 97.6 Å². The Morgan fingerprint density at radius 1 is 0.897 bits per heavy atom. The van der Waals surface area contributed by atoms with Crippen molar-refractivity contribution in [3.8, 4) is 22.8 Å². The summed E-state index contributed by atoms with van der Waals surface area (Å²) in [6.07, 6.45) is 0. The lowest BCUT2D eigenvalue weighted by Gasteiger charge is -2.34. The average molecular weight is 528 g/mol.